The van der Waals surface area contributed by atoms with Crippen molar-refractivity contribution in [3.05, 3.63) is 47.5 Å². The summed E-state index contributed by atoms with van der Waals surface area (Å²) in [5.74, 6) is -0.133. The Balaban J connectivity index is 1.89. The number of Topliss-reactive ketones (excluding diaryl/α,β-unsaturated/α-hetero) is 1. The Morgan fingerprint density at radius 3 is 2.71 bits per heavy atom. The minimum Gasteiger partial charge on any atom is -0.481 e. The molecule has 1 aromatic rings. The van der Waals surface area contributed by atoms with Crippen LogP contribution in [0.3, 0.4) is 0 Å². The van der Waals surface area contributed by atoms with E-state index in [-0.39, 0.29) is 24.4 Å². The SMILES string of the molecule is O=C(O)CSCCCSC1C(=O)CC(O)[C@@H]1C=CC(O)Cc1cccc(C(F)(F)F)c1. The lowest BCUT2D eigenvalue weighted by molar-refractivity contribution is -0.137. The summed E-state index contributed by atoms with van der Waals surface area (Å²) < 4.78 is 38.5. The molecular formula is C21H25F3O5S2. The Hall–Kier alpha value is -1.49. The first kappa shape index (κ1) is 25.8. The maximum absolute atomic E-state index is 12.8. The molecule has 1 saturated carbocycles. The number of aliphatic carboxylic acids is 1. The Kier molecular flexibility index (Phi) is 9.92. The molecule has 0 heterocycles. The molecular weight excluding hydrogens is 453 g/mol. The minimum absolute atomic E-state index is 0.0180. The summed E-state index contributed by atoms with van der Waals surface area (Å²) in [4.78, 5) is 22.7. The summed E-state index contributed by atoms with van der Waals surface area (Å²) >= 11 is 2.69. The van der Waals surface area contributed by atoms with Crippen LogP contribution in [0.25, 0.3) is 0 Å². The molecule has 1 aromatic carbocycles. The van der Waals surface area contributed by atoms with Gasteiger partial charge >= 0.3 is 12.1 Å². The topological polar surface area (TPSA) is 94.8 Å². The van der Waals surface area contributed by atoms with Gasteiger partial charge in [-0.25, -0.2) is 0 Å². The lowest BCUT2D eigenvalue weighted by Gasteiger charge is -2.18. The van der Waals surface area contributed by atoms with Crippen molar-refractivity contribution in [3.63, 3.8) is 0 Å². The van der Waals surface area contributed by atoms with Crippen LogP contribution in [0.4, 0.5) is 13.2 Å². The molecule has 5 nitrogen and oxygen atoms in total. The smallest absolute Gasteiger partial charge is 0.416 e. The maximum Gasteiger partial charge on any atom is 0.416 e. The van der Waals surface area contributed by atoms with Gasteiger partial charge in [-0.05, 0) is 29.6 Å². The fourth-order valence-corrected chi connectivity index (χ4v) is 5.47. The number of carbonyl (C=O) groups is 2. The molecule has 172 valence electrons. The molecule has 0 aromatic heterocycles. The van der Waals surface area contributed by atoms with E-state index in [0.29, 0.717) is 17.1 Å². The minimum atomic E-state index is -4.46. The van der Waals surface area contributed by atoms with Crippen LogP contribution in [0.15, 0.2) is 36.4 Å². The standard InChI is InChI=1S/C21H25F3O5S2/c22-21(23,24)14-4-1-3-13(9-14)10-15(25)5-6-16-17(26)11-18(27)20(16)31-8-2-7-30-12-19(28)29/h1,3-6,9,15-17,20,25-26H,2,7-8,10-12H2,(H,28,29)/t15?,16-,17?,20?/m0/s1. The van der Waals surface area contributed by atoms with E-state index in [1.54, 1.807) is 6.08 Å². The molecule has 0 aliphatic heterocycles. The first-order chi connectivity index (χ1) is 14.6. The van der Waals surface area contributed by atoms with Crippen molar-refractivity contribution < 1.29 is 38.1 Å². The summed E-state index contributed by atoms with van der Waals surface area (Å²) in [5, 5.41) is 28.6. The van der Waals surface area contributed by atoms with Gasteiger partial charge in [0, 0.05) is 18.8 Å². The second-order valence-electron chi connectivity index (χ2n) is 7.26. The van der Waals surface area contributed by atoms with Crippen molar-refractivity contribution in [3.8, 4) is 0 Å². The van der Waals surface area contributed by atoms with Crippen LogP contribution in [0.1, 0.15) is 24.0 Å². The van der Waals surface area contributed by atoms with Crippen molar-refractivity contribution in [2.24, 2.45) is 5.92 Å². The Labute approximate surface area is 187 Å². The van der Waals surface area contributed by atoms with Crippen molar-refractivity contribution in [1.29, 1.82) is 0 Å². The summed E-state index contributed by atoms with van der Waals surface area (Å²) in [7, 11) is 0. The van der Waals surface area contributed by atoms with E-state index < -0.39 is 41.1 Å². The van der Waals surface area contributed by atoms with Gasteiger partial charge in [0.2, 0.25) is 0 Å². The van der Waals surface area contributed by atoms with Crippen LogP contribution in [0.2, 0.25) is 0 Å². The van der Waals surface area contributed by atoms with E-state index in [2.05, 4.69) is 0 Å². The predicted molar refractivity (Wildman–Crippen MR) is 115 cm³/mol. The molecule has 4 atom stereocenters. The fraction of sp³-hybridized carbons (Fsp3) is 0.524. The molecule has 3 N–H and O–H groups in total. The Bertz CT molecular complexity index is 785. The van der Waals surface area contributed by atoms with Crippen molar-refractivity contribution in [1.82, 2.24) is 0 Å². The van der Waals surface area contributed by atoms with Gasteiger partial charge in [-0.3, -0.25) is 9.59 Å². The van der Waals surface area contributed by atoms with Gasteiger partial charge in [-0.1, -0.05) is 30.4 Å². The lowest BCUT2D eigenvalue weighted by atomic mass is 10.0. The molecule has 0 radical (unpaired) electrons. The number of alkyl halides is 3. The van der Waals surface area contributed by atoms with Gasteiger partial charge < -0.3 is 15.3 Å². The van der Waals surface area contributed by atoms with Crippen molar-refractivity contribution >= 4 is 35.3 Å². The highest BCUT2D eigenvalue weighted by Gasteiger charge is 2.40. The number of aliphatic hydroxyl groups is 2. The van der Waals surface area contributed by atoms with Crippen LogP contribution in [0, 0.1) is 5.92 Å². The second-order valence-corrected chi connectivity index (χ2v) is 9.62. The molecule has 10 heteroatoms. The zero-order chi connectivity index (χ0) is 23.0. The molecule has 0 spiro atoms. The zero-order valence-corrected chi connectivity index (χ0v) is 18.3. The number of aliphatic hydroxyl groups excluding tert-OH is 2. The van der Waals surface area contributed by atoms with Crippen molar-refractivity contribution in [2.75, 3.05) is 17.3 Å². The van der Waals surface area contributed by atoms with Gasteiger partial charge in [0.05, 0.1) is 28.8 Å². The first-order valence-corrected chi connectivity index (χ1v) is 11.9. The number of hydrogen-bond acceptors (Lipinski definition) is 6. The lowest BCUT2D eigenvalue weighted by Crippen LogP contribution is -2.22. The molecule has 1 aliphatic carbocycles. The van der Waals surface area contributed by atoms with E-state index >= 15 is 0 Å². The maximum atomic E-state index is 12.8. The largest absolute Gasteiger partial charge is 0.481 e. The highest BCUT2D eigenvalue weighted by Crippen LogP contribution is 2.35. The van der Waals surface area contributed by atoms with Gasteiger partial charge in [0.1, 0.15) is 5.78 Å². The third kappa shape index (κ3) is 8.51. The number of thioether (sulfide) groups is 2. The molecule has 0 bridgehead atoms. The summed E-state index contributed by atoms with van der Waals surface area (Å²) in [6.45, 7) is 0. The van der Waals surface area contributed by atoms with Crippen LogP contribution < -0.4 is 0 Å². The first-order valence-electron chi connectivity index (χ1n) is 9.72. The number of hydrogen-bond donors (Lipinski definition) is 3. The van der Waals surface area contributed by atoms with E-state index in [4.69, 9.17) is 5.11 Å². The molecule has 0 amide bonds. The fourth-order valence-electron chi connectivity index (χ4n) is 3.28. The number of halogens is 3. The van der Waals surface area contributed by atoms with E-state index in [9.17, 15) is 33.0 Å². The number of ketones is 1. The molecule has 31 heavy (non-hydrogen) atoms. The molecule has 1 fully saturated rings. The van der Waals surface area contributed by atoms with Gasteiger partial charge in [0.25, 0.3) is 0 Å². The molecule has 2 rings (SSSR count). The quantitative estimate of drug-likeness (QED) is 0.331. The Morgan fingerprint density at radius 2 is 2.03 bits per heavy atom. The van der Waals surface area contributed by atoms with Crippen molar-refractivity contribution in [2.45, 2.75) is 42.9 Å². The Morgan fingerprint density at radius 1 is 1.29 bits per heavy atom. The average Bonchev–Trinajstić information content (AvgIpc) is 2.94. The molecule has 1 aliphatic rings. The average molecular weight is 479 g/mol. The van der Waals surface area contributed by atoms with Crippen LogP contribution in [-0.4, -0.2) is 61.8 Å². The van der Waals surface area contributed by atoms with E-state index in [0.717, 1.165) is 18.6 Å². The predicted octanol–water partition coefficient (Wildman–Crippen LogP) is 3.42. The third-order valence-electron chi connectivity index (χ3n) is 4.73. The molecule has 0 saturated heterocycles. The summed E-state index contributed by atoms with van der Waals surface area (Å²) in [6.07, 6.45) is -2.67. The molecule has 3 unspecified atom stereocenters. The normalized spacial score (nSPS) is 22.9. The number of carboxylic acids is 1. The number of carbonyl (C=O) groups excluding carboxylic acids is 1. The zero-order valence-electron chi connectivity index (χ0n) is 16.6. The van der Waals surface area contributed by atoms with Crippen LogP contribution in [-0.2, 0) is 22.2 Å². The monoisotopic (exact) mass is 478 g/mol. The second kappa shape index (κ2) is 11.9. The number of rotatable bonds is 11. The van der Waals surface area contributed by atoms with Crippen LogP contribution >= 0.6 is 23.5 Å². The summed E-state index contributed by atoms with van der Waals surface area (Å²) in [6, 6.07) is 4.75. The van der Waals surface area contributed by atoms with Gasteiger partial charge in [-0.2, -0.15) is 24.9 Å². The van der Waals surface area contributed by atoms with Gasteiger partial charge in [0.15, 0.2) is 0 Å². The van der Waals surface area contributed by atoms with Gasteiger partial charge in [-0.15, -0.1) is 11.8 Å². The third-order valence-corrected chi connectivity index (χ3v) is 7.22. The van der Waals surface area contributed by atoms with Crippen LogP contribution in [0.5, 0.6) is 0 Å². The summed E-state index contributed by atoms with van der Waals surface area (Å²) in [5.41, 5.74) is -0.448. The number of benzene rings is 1. The number of carboxylic acid groups (broad SMARTS) is 1. The van der Waals surface area contributed by atoms with E-state index in [1.165, 1.54) is 41.7 Å². The highest BCUT2D eigenvalue weighted by atomic mass is 32.2. The van der Waals surface area contributed by atoms with E-state index in [1.807, 2.05) is 0 Å². The highest BCUT2D eigenvalue weighted by molar-refractivity contribution is 8.01.